The zero-order chi connectivity index (χ0) is 48.6. The molecule has 0 saturated heterocycles. The minimum Gasteiger partial charge on any atom is -0.507 e. The summed E-state index contributed by atoms with van der Waals surface area (Å²) in [6.07, 6.45) is 47.6. The van der Waals surface area contributed by atoms with Gasteiger partial charge in [0, 0.05) is 16.7 Å². The van der Waals surface area contributed by atoms with Crippen LogP contribution in [0.3, 0.4) is 0 Å². The van der Waals surface area contributed by atoms with E-state index < -0.39 is 0 Å². The fourth-order valence-electron chi connectivity index (χ4n) is 8.13. The highest BCUT2D eigenvalue weighted by Gasteiger charge is 2.21. The Morgan fingerprint density at radius 3 is 0.938 bits per heavy atom. The van der Waals surface area contributed by atoms with Gasteiger partial charge in [0.05, 0.1) is 7.11 Å². The Morgan fingerprint density at radius 2 is 0.677 bits per heavy atom. The van der Waals surface area contributed by atoms with E-state index in [1.165, 1.54) is 75.0 Å². The normalized spacial score (nSPS) is 14.2. The third-order valence-electron chi connectivity index (χ3n) is 12.9. The van der Waals surface area contributed by atoms with Crippen LogP contribution >= 0.6 is 0 Å². The lowest BCUT2D eigenvalue weighted by Crippen LogP contribution is -2.00. The predicted molar refractivity (Wildman–Crippen MR) is 290 cm³/mol. The average molecular weight is 891 g/mol. The lowest BCUT2D eigenvalue weighted by atomic mass is 9.94. The highest BCUT2D eigenvalue weighted by atomic mass is 16.5. The fraction of sp³-hybridized carbons (Fsp3) is 0.581. The van der Waals surface area contributed by atoms with Crippen LogP contribution < -0.4 is 4.74 Å². The van der Waals surface area contributed by atoms with E-state index >= 15 is 0 Å². The average Bonchev–Trinajstić information content (AvgIpc) is 3.24. The van der Waals surface area contributed by atoms with E-state index in [-0.39, 0.29) is 11.5 Å². The van der Waals surface area contributed by atoms with Crippen LogP contribution in [0.1, 0.15) is 228 Å². The van der Waals surface area contributed by atoms with E-state index in [1.54, 1.807) is 7.11 Å². The standard InChI is InChI=1S/C62H98O3/c1-15-16-44-59-61(64)58(57(13)60(63)62(59)65-14)46-45-56(12)43-25-42-55(11)41-24-40-54(10)39-23-38-53(9)37-22-36-52(8)35-21-34-51(7)33-20-32-50(6)31-19-30-49(5)29-18-28-48(4)27-17-26-47(2)3/h26,28,30,32,34,36,38,40,42,45,63-64H,15-25,27,29,31,33,35,37,39,41,43-44,46H2,1-14H3/b48-28+,49-30+,50-32+,51-34+,52-36+,53-38+,54-40+,55-42+,56-45+. The number of rotatable bonds is 33. The van der Waals surface area contributed by atoms with Crippen LogP contribution in [0.5, 0.6) is 17.2 Å². The van der Waals surface area contributed by atoms with Gasteiger partial charge in [0.25, 0.3) is 0 Å². The Bertz CT molecular complexity index is 1870. The molecule has 0 atom stereocenters. The molecule has 0 aliphatic heterocycles. The molecule has 3 heteroatoms. The number of hydrogen-bond acceptors (Lipinski definition) is 3. The highest BCUT2D eigenvalue weighted by Crippen LogP contribution is 2.44. The van der Waals surface area contributed by atoms with E-state index in [1.807, 2.05) is 6.92 Å². The van der Waals surface area contributed by atoms with Crippen molar-refractivity contribution in [2.75, 3.05) is 7.11 Å². The van der Waals surface area contributed by atoms with Crippen LogP contribution in [0.15, 0.2) is 116 Å². The molecule has 3 nitrogen and oxygen atoms in total. The minimum atomic E-state index is 0.149. The minimum absolute atomic E-state index is 0.149. The maximum Gasteiger partial charge on any atom is 0.167 e. The SMILES string of the molecule is CCCCc1c(O)c(C/C=C(\C)CC/C=C(\C)CC/C=C(\C)CC/C=C(\C)CC/C=C(\C)CC/C=C(\C)CC/C=C(\C)CC/C=C(\C)CC/C=C(\C)CCC=C(C)C)c(C)c(O)c1OC. The number of phenolic OH excluding ortho intramolecular Hbond substituents is 2. The molecule has 0 aromatic heterocycles. The van der Waals surface area contributed by atoms with Crippen molar-refractivity contribution in [1.29, 1.82) is 0 Å². The predicted octanol–water partition coefficient (Wildman–Crippen LogP) is 19.8. The molecule has 0 heterocycles. The van der Waals surface area contributed by atoms with Gasteiger partial charge in [0.1, 0.15) is 5.75 Å². The molecular formula is C62H98O3. The van der Waals surface area contributed by atoms with Gasteiger partial charge < -0.3 is 14.9 Å². The molecule has 0 amide bonds. The zero-order valence-electron chi connectivity index (χ0n) is 44.6. The summed E-state index contributed by atoms with van der Waals surface area (Å²) in [5.74, 6) is 0.833. The molecule has 1 aromatic rings. The Kier molecular flexibility index (Phi) is 32.0. The van der Waals surface area contributed by atoms with Crippen LogP contribution in [0.25, 0.3) is 0 Å². The third kappa shape index (κ3) is 28.0. The van der Waals surface area contributed by atoms with Crippen LogP contribution in [0.4, 0.5) is 0 Å². The van der Waals surface area contributed by atoms with E-state index in [0.29, 0.717) is 24.2 Å². The summed E-state index contributed by atoms with van der Waals surface area (Å²) in [7, 11) is 1.56. The lowest BCUT2D eigenvalue weighted by Gasteiger charge is -2.18. The monoisotopic (exact) mass is 891 g/mol. The first-order chi connectivity index (χ1) is 31.0. The van der Waals surface area contributed by atoms with Gasteiger partial charge in [-0.15, -0.1) is 0 Å². The maximum atomic E-state index is 11.1. The van der Waals surface area contributed by atoms with Crippen molar-refractivity contribution in [3.8, 4) is 17.2 Å². The van der Waals surface area contributed by atoms with Gasteiger partial charge in [0.2, 0.25) is 0 Å². The van der Waals surface area contributed by atoms with E-state index in [4.69, 9.17) is 4.74 Å². The van der Waals surface area contributed by atoms with Crippen LogP contribution in [-0.2, 0) is 12.8 Å². The number of ether oxygens (including phenoxy) is 1. The molecule has 2 N–H and O–H groups in total. The first-order valence-electron chi connectivity index (χ1n) is 25.6. The third-order valence-corrected chi connectivity index (χ3v) is 12.9. The summed E-state index contributed by atoms with van der Waals surface area (Å²) >= 11 is 0. The van der Waals surface area contributed by atoms with Crippen molar-refractivity contribution in [3.05, 3.63) is 133 Å². The second-order valence-electron chi connectivity index (χ2n) is 19.7. The molecule has 0 unspecified atom stereocenters. The summed E-state index contributed by atoms with van der Waals surface area (Å²) < 4.78 is 5.47. The number of hydrogen-bond donors (Lipinski definition) is 2. The summed E-state index contributed by atoms with van der Waals surface area (Å²) in [5, 5.41) is 21.9. The second-order valence-corrected chi connectivity index (χ2v) is 19.7. The van der Waals surface area contributed by atoms with E-state index in [2.05, 4.69) is 144 Å². The Balaban J connectivity index is 2.35. The van der Waals surface area contributed by atoms with Gasteiger partial charge >= 0.3 is 0 Å². The van der Waals surface area contributed by atoms with Crippen molar-refractivity contribution in [2.45, 2.75) is 231 Å². The molecule has 0 spiro atoms. The van der Waals surface area contributed by atoms with Crippen LogP contribution in [0, 0.1) is 6.92 Å². The molecule has 1 rings (SSSR count). The van der Waals surface area contributed by atoms with E-state index in [9.17, 15) is 10.2 Å². The van der Waals surface area contributed by atoms with Crippen molar-refractivity contribution >= 4 is 0 Å². The molecule has 0 saturated carbocycles. The number of phenols is 2. The van der Waals surface area contributed by atoms with Crippen LogP contribution in [0.2, 0.25) is 0 Å². The largest absolute Gasteiger partial charge is 0.507 e. The first kappa shape index (κ1) is 59.0. The fourth-order valence-corrected chi connectivity index (χ4v) is 8.13. The second kappa shape index (κ2) is 35.2. The summed E-state index contributed by atoms with van der Waals surface area (Å²) in [5.41, 5.74) is 17.0. The number of benzene rings is 1. The number of methoxy groups -OCH3 is 1. The summed E-state index contributed by atoms with van der Waals surface area (Å²) in [6.45, 7) is 28.8. The Morgan fingerprint density at radius 1 is 0.400 bits per heavy atom. The number of aromatic hydroxyl groups is 2. The maximum absolute atomic E-state index is 11.1. The van der Waals surface area contributed by atoms with Gasteiger partial charge in [0.15, 0.2) is 11.5 Å². The Hall–Kier alpha value is -3.98. The molecule has 0 bridgehead atoms. The van der Waals surface area contributed by atoms with Crippen molar-refractivity contribution in [1.82, 2.24) is 0 Å². The van der Waals surface area contributed by atoms with Crippen molar-refractivity contribution in [3.63, 3.8) is 0 Å². The molecular weight excluding hydrogens is 793 g/mol. The van der Waals surface area contributed by atoms with Gasteiger partial charge in [-0.2, -0.15) is 0 Å². The Labute approximate surface area is 402 Å². The summed E-state index contributed by atoms with van der Waals surface area (Å²) in [4.78, 5) is 0. The topological polar surface area (TPSA) is 49.7 Å². The quantitative estimate of drug-likeness (QED) is 0.0546. The van der Waals surface area contributed by atoms with Crippen molar-refractivity contribution in [2.24, 2.45) is 0 Å². The molecule has 0 aliphatic carbocycles. The molecule has 0 aliphatic rings. The van der Waals surface area contributed by atoms with Gasteiger partial charge in [-0.1, -0.05) is 130 Å². The van der Waals surface area contributed by atoms with Gasteiger partial charge in [-0.25, -0.2) is 0 Å². The molecule has 1 aromatic carbocycles. The van der Waals surface area contributed by atoms with E-state index in [0.717, 1.165) is 120 Å². The van der Waals surface area contributed by atoms with Crippen molar-refractivity contribution < 1.29 is 14.9 Å². The van der Waals surface area contributed by atoms with Gasteiger partial charge in [-0.3, -0.25) is 0 Å². The molecule has 65 heavy (non-hydrogen) atoms. The highest BCUT2D eigenvalue weighted by molar-refractivity contribution is 5.62. The van der Waals surface area contributed by atoms with Gasteiger partial charge in [-0.05, 0) is 218 Å². The van der Waals surface area contributed by atoms with Crippen LogP contribution in [-0.4, -0.2) is 17.3 Å². The molecule has 364 valence electrons. The number of allylic oxidation sites excluding steroid dienone is 20. The molecule has 0 radical (unpaired) electrons. The summed E-state index contributed by atoms with van der Waals surface area (Å²) in [6, 6.07) is 0. The lowest BCUT2D eigenvalue weighted by molar-refractivity contribution is 0.358. The molecule has 0 fully saturated rings. The smallest absolute Gasteiger partial charge is 0.167 e. The number of unbranched alkanes of at least 4 members (excludes halogenated alkanes) is 1. The first-order valence-corrected chi connectivity index (χ1v) is 25.6. The zero-order valence-corrected chi connectivity index (χ0v) is 44.6.